The highest BCUT2D eigenvalue weighted by molar-refractivity contribution is 5.93. The van der Waals surface area contributed by atoms with E-state index in [1.165, 1.54) is 12.6 Å². The molecule has 1 atom stereocenters. The molecule has 6 heteroatoms. The van der Waals surface area contributed by atoms with Crippen LogP contribution >= 0.6 is 0 Å². The molecule has 2 rings (SSSR count). The van der Waals surface area contributed by atoms with Crippen molar-refractivity contribution in [3.05, 3.63) is 12.6 Å². The first-order valence-electron chi connectivity index (χ1n) is 4.38. The Hall–Kier alpha value is -1.40. The Morgan fingerprint density at radius 2 is 2.64 bits per heavy atom. The molecule has 1 aromatic rings. The maximum Gasteiger partial charge on any atom is 0.257 e. The number of nitrogens with one attached hydrogen (secondary N) is 2. The Bertz CT molecular complexity index is 293. The summed E-state index contributed by atoms with van der Waals surface area (Å²) in [5, 5.41) is 5.62. The van der Waals surface area contributed by atoms with Gasteiger partial charge in [0.25, 0.3) is 5.91 Å². The molecule has 76 valence electrons. The molecule has 2 N–H and O–H groups in total. The van der Waals surface area contributed by atoms with Gasteiger partial charge >= 0.3 is 0 Å². The lowest BCUT2D eigenvalue weighted by molar-refractivity contribution is -0.128. The maximum atomic E-state index is 11.5. The summed E-state index contributed by atoms with van der Waals surface area (Å²) >= 11 is 0. The highest BCUT2D eigenvalue weighted by Crippen LogP contribution is 2.06. The largest absolute Gasteiger partial charge is 0.428 e. The summed E-state index contributed by atoms with van der Waals surface area (Å²) in [4.78, 5) is 15.2. The number of carbonyl (C=O) groups is 1. The zero-order valence-corrected chi connectivity index (χ0v) is 7.53. The molecule has 1 unspecified atom stereocenters. The maximum absolute atomic E-state index is 11.5. The Kier molecular flexibility index (Phi) is 2.76. The monoisotopic (exact) mass is 197 g/mol. The second-order valence-corrected chi connectivity index (χ2v) is 2.92. The number of amides is 1. The lowest BCUT2D eigenvalue weighted by Crippen LogP contribution is -2.45. The van der Waals surface area contributed by atoms with Gasteiger partial charge in [-0.05, 0) is 0 Å². The summed E-state index contributed by atoms with van der Waals surface area (Å²) < 4.78 is 10.1. The number of hydrogen-bond donors (Lipinski definition) is 2. The fourth-order valence-corrected chi connectivity index (χ4v) is 1.21. The fraction of sp³-hybridized carbons (Fsp3) is 0.500. The van der Waals surface area contributed by atoms with Crippen molar-refractivity contribution in [3.63, 3.8) is 0 Å². The van der Waals surface area contributed by atoms with Crippen LogP contribution in [0.4, 0.5) is 5.88 Å². The van der Waals surface area contributed by atoms with Gasteiger partial charge in [0.15, 0.2) is 6.39 Å². The van der Waals surface area contributed by atoms with Gasteiger partial charge in [-0.3, -0.25) is 10.1 Å². The topological polar surface area (TPSA) is 76.4 Å². The van der Waals surface area contributed by atoms with Crippen molar-refractivity contribution in [2.24, 2.45) is 0 Å². The number of morpholine rings is 1. The number of oxazole rings is 1. The van der Waals surface area contributed by atoms with E-state index in [-0.39, 0.29) is 5.91 Å². The number of anilines is 1. The quantitative estimate of drug-likeness (QED) is 0.674. The number of rotatable bonds is 2. The number of nitrogens with zero attached hydrogens (tertiary/aromatic N) is 1. The molecule has 1 aromatic heterocycles. The Balaban J connectivity index is 1.88. The first kappa shape index (κ1) is 9.17. The Labute approximate surface area is 80.6 Å². The fourth-order valence-electron chi connectivity index (χ4n) is 1.21. The van der Waals surface area contributed by atoms with Crippen LogP contribution < -0.4 is 10.6 Å². The molecule has 0 aliphatic carbocycles. The molecule has 2 heterocycles. The predicted octanol–water partition coefficient (Wildman–Crippen LogP) is -0.399. The van der Waals surface area contributed by atoms with E-state index < -0.39 is 6.10 Å². The van der Waals surface area contributed by atoms with Gasteiger partial charge in [0, 0.05) is 13.1 Å². The number of aromatic nitrogens is 1. The smallest absolute Gasteiger partial charge is 0.257 e. The minimum Gasteiger partial charge on any atom is -0.428 e. The first-order chi connectivity index (χ1) is 6.86. The third-order valence-corrected chi connectivity index (χ3v) is 1.90. The van der Waals surface area contributed by atoms with Crippen LogP contribution in [0.5, 0.6) is 0 Å². The van der Waals surface area contributed by atoms with Crippen molar-refractivity contribution in [3.8, 4) is 0 Å². The van der Waals surface area contributed by atoms with Crippen LogP contribution in [0.2, 0.25) is 0 Å². The van der Waals surface area contributed by atoms with Gasteiger partial charge in [-0.1, -0.05) is 0 Å². The number of hydrogen-bond acceptors (Lipinski definition) is 5. The van der Waals surface area contributed by atoms with Crippen LogP contribution in [0, 0.1) is 0 Å². The van der Waals surface area contributed by atoms with E-state index in [0.717, 1.165) is 6.54 Å². The first-order valence-corrected chi connectivity index (χ1v) is 4.38. The van der Waals surface area contributed by atoms with Crippen LogP contribution in [-0.4, -0.2) is 36.7 Å². The Morgan fingerprint density at radius 1 is 1.71 bits per heavy atom. The zero-order valence-electron chi connectivity index (χ0n) is 7.53. The third-order valence-electron chi connectivity index (χ3n) is 1.90. The van der Waals surface area contributed by atoms with Crippen molar-refractivity contribution < 1.29 is 13.9 Å². The summed E-state index contributed by atoms with van der Waals surface area (Å²) in [5.41, 5.74) is 0. The Morgan fingerprint density at radius 3 is 3.29 bits per heavy atom. The van der Waals surface area contributed by atoms with Crippen LogP contribution in [0.3, 0.4) is 0 Å². The molecule has 1 amide bonds. The summed E-state index contributed by atoms with van der Waals surface area (Å²) in [6, 6.07) is 0. The van der Waals surface area contributed by atoms with Gasteiger partial charge in [-0.15, -0.1) is 0 Å². The van der Waals surface area contributed by atoms with Gasteiger partial charge in [0.05, 0.1) is 12.8 Å². The van der Waals surface area contributed by atoms with Crippen molar-refractivity contribution >= 4 is 11.8 Å². The van der Waals surface area contributed by atoms with Gasteiger partial charge in [-0.2, -0.15) is 0 Å². The van der Waals surface area contributed by atoms with E-state index in [2.05, 4.69) is 15.6 Å². The molecular formula is C8H11N3O3. The van der Waals surface area contributed by atoms with E-state index in [0.29, 0.717) is 19.0 Å². The minimum atomic E-state index is -0.450. The molecule has 0 spiro atoms. The standard InChI is InChI=1S/C8H11N3O3/c12-8(6-3-9-1-2-13-6)11-7-4-10-5-14-7/h4-6,9H,1-3H2,(H,11,12). The van der Waals surface area contributed by atoms with E-state index in [1.54, 1.807) is 0 Å². The van der Waals surface area contributed by atoms with E-state index >= 15 is 0 Å². The van der Waals surface area contributed by atoms with Crippen molar-refractivity contribution in [2.75, 3.05) is 25.0 Å². The van der Waals surface area contributed by atoms with Gasteiger partial charge in [-0.25, -0.2) is 4.98 Å². The normalized spacial score (nSPS) is 21.9. The molecule has 1 aliphatic heterocycles. The van der Waals surface area contributed by atoms with Crippen molar-refractivity contribution in [1.82, 2.24) is 10.3 Å². The van der Waals surface area contributed by atoms with Gasteiger partial charge in [0.2, 0.25) is 5.88 Å². The van der Waals surface area contributed by atoms with Gasteiger partial charge in [0.1, 0.15) is 6.10 Å². The number of carbonyl (C=O) groups excluding carboxylic acids is 1. The molecule has 6 nitrogen and oxygen atoms in total. The molecular weight excluding hydrogens is 186 g/mol. The van der Waals surface area contributed by atoms with Crippen molar-refractivity contribution in [2.45, 2.75) is 6.10 Å². The molecule has 1 fully saturated rings. The van der Waals surface area contributed by atoms with Gasteiger partial charge < -0.3 is 14.5 Å². The predicted molar refractivity (Wildman–Crippen MR) is 47.7 cm³/mol. The average molecular weight is 197 g/mol. The van der Waals surface area contributed by atoms with Crippen LogP contribution in [-0.2, 0) is 9.53 Å². The van der Waals surface area contributed by atoms with Crippen molar-refractivity contribution in [1.29, 1.82) is 0 Å². The van der Waals surface area contributed by atoms with Crippen LogP contribution in [0.25, 0.3) is 0 Å². The SMILES string of the molecule is O=C(Nc1cnco1)C1CNCCO1. The summed E-state index contributed by atoms with van der Waals surface area (Å²) in [6.07, 6.45) is 2.25. The summed E-state index contributed by atoms with van der Waals surface area (Å²) in [5.74, 6) is 0.123. The number of ether oxygens (including phenoxy) is 1. The molecule has 1 aliphatic rings. The molecule has 0 bridgehead atoms. The molecule has 0 saturated carbocycles. The van der Waals surface area contributed by atoms with Crippen LogP contribution in [0.15, 0.2) is 17.0 Å². The highest BCUT2D eigenvalue weighted by atomic mass is 16.5. The molecule has 0 aromatic carbocycles. The molecule has 1 saturated heterocycles. The lowest BCUT2D eigenvalue weighted by Gasteiger charge is -2.21. The second kappa shape index (κ2) is 4.21. The highest BCUT2D eigenvalue weighted by Gasteiger charge is 2.22. The van der Waals surface area contributed by atoms with Crippen LogP contribution in [0.1, 0.15) is 0 Å². The minimum absolute atomic E-state index is 0.214. The van der Waals surface area contributed by atoms with E-state index in [1.807, 2.05) is 0 Å². The zero-order chi connectivity index (χ0) is 9.80. The lowest BCUT2D eigenvalue weighted by atomic mass is 10.3. The van der Waals surface area contributed by atoms with E-state index in [9.17, 15) is 4.79 Å². The third kappa shape index (κ3) is 2.09. The van der Waals surface area contributed by atoms with E-state index in [4.69, 9.17) is 9.15 Å². The molecule has 0 radical (unpaired) electrons. The average Bonchev–Trinajstić information content (AvgIpc) is 2.72. The second-order valence-electron chi connectivity index (χ2n) is 2.92. The summed E-state index contributed by atoms with van der Waals surface area (Å²) in [6.45, 7) is 1.86. The summed E-state index contributed by atoms with van der Waals surface area (Å²) in [7, 11) is 0. The molecule has 14 heavy (non-hydrogen) atoms.